The number of halogens is 8. The zero-order chi connectivity index (χ0) is 42.9. The minimum Gasteiger partial charge on any atom is -1.00 e. The fraction of sp³-hybridized carbons (Fsp3) is 0.400. The third-order valence-electron chi connectivity index (χ3n) is 10.3. The first-order valence-corrected chi connectivity index (χ1v) is 20.7. The summed E-state index contributed by atoms with van der Waals surface area (Å²) in [5.41, 5.74) is 13.8. The molecule has 0 unspecified atom stereocenters. The van der Waals surface area contributed by atoms with Gasteiger partial charge in [-0.1, -0.05) is 118 Å². The van der Waals surface area contributed by atoms with Gasteiger partial charge in [-0.25, -0.2) is 6.07 Å². The van der Waals surface area contributed by atoms with Gasteiger partial charge in [-0.3, -0.25) is 0 Å². The standard InChI is InChI=1S/C23H29.C15H8F6.C12H19.2ClH.Zr/c1-14-9-16-11-17-10-15(2)21(23(6,7)8)13-19(17)18(16)12-20(14)22(3,4)5;16-14(17,18)12-5-1-3-10(8-12)7-11-4-2-6-13(9-11)15(19,20)21;1-5-6-10-7-8-11(9-10)12(2,3)4;;;/h9,12-13H,11H2,1-8H3;1-6,8-9H;7-9H,5-6H2,1-4H3;2*1H;/q-1;;-1;;;+2/p-2. The minimum atomic E-state index is -4.49. The van der Waals surface area contributed by atoms with Crippen LogP contribution in [0.15, 0.2) is 84.9 Å². The van der Waals surface area contributed by atoms with Gasteiger partial charge in [0.2, 0.25) is 0 Å². The molecule has 1 aliphatic rings. The van der Waals surface area contributed by atoms with Crippen molar-refractivity contribution in [1.29, 1.82) is 0 Å². The number of alkyl halides is 6. The number of hydrogen-bond donors (Lipinski definition) is 0. The van der Waals surface area contributed by atoms with E-state index in [0.29, 0.717) is 8.62 Å². The number of hydrogen-bond acceptors (Lipinski definition) is 0. The molecule has 318 valence electrons. The van der Waals surface area contributed by atoms with Gasteiger partial charge < -0.3 is 24.8 Å². The Balaban J connectivity index is 0.000000314. The van der Waals surface area contributed by atoms with Gasteiger partial charge in [0.25, 0.3) is 0 Å². The topological polar surface area (TPSA) is 0 Å². The van der Waals surface area contributed by atoms with Gasteiger partial charge in [0.1, 0.15) is 0 Å². The van der Waals surface area contributed by atoms with Gasteiger partial charge in [0, 0.05) is 0 Å². The third kappa shape index (κ3) is 13.6. The molecule has 0 amide bonds. The van der Waals surface area contributed by atoms with Crippen molar-refractivity contribution < 1.29 is 75.4 Å². The first kappa shape index (κ1) is 52.3. The van der Waals surface area contributed by atoms with Gasteiger partial charge in [-0.2, -0.15) is 41.0 Å². The predicted molar refractivity (Wildman–Crippen MR) is 221 cm³/mol. The fourth-order valence-electron chi connectivity index (χ4n) is 7.29. The summed E-state index contributed by atoms with van der Waals surface area (Å²) in [5, 5.41) is 0. The molecular formula is C50H56Cl2F6Zr-2. The Morgan fingerprint density at radius 1 is 0.644 bits per heavy atom. The second-order valence-electron chi connectivity index (χ2n) is 18.2. The normalized spacial score (nSPS) is 12.5. The molecule has 0 bridgehead atoms. The van der Waals surface area contributed by atoms with Crippen LogP contribution in [0.4, 0.5) is 26.3 Å². The van der Waals surface area contributed by atoms with Crippen molar-refractivity contribution in [3.63, 3.8) is 0 Å². The van der Waals surface area contributed by atoms with E-state index in [0.717, 1.165) is 54.9 Å². The summed E-state index contributed by atoms with van der Waals surface area (Å²) < 4.78 is 76.7. The average Bonchev–Trinajstić information content (AvgIpc) is 3.70. The molecule has 1 aliphatic carbocycles. The van der Waals surface area contributed by atoms with E-state index in [9.17, 15) is 26.3 Å². The van der Waals surface area contributed by atoms with Gasteiger partial charge in [0.15, 0.2) is 0 Å². The Hall–Kier alpha value is -2.86. The number of rotatable bonds is 4. The molecule has 9 heteroatoms. The van der Waals surface area contributed by atoms with Crippen LogP contribution in [-0.4, -0.2) is 3.21 Å². The summed E-state index contributed by atoms with van der Waals surface area (Å²) in [6.07, 6.45) is -5.48. The monoisotopic (exact) mass is 930 g/mol. The molecular weight excluding hydrogens is 877 g/mol. The maximum absolute atomic E-state index is 12.7. The molecule has 0 N–H and O–H groups in total. The molecule has 0 atom stereocenters. The SMILES string of the molecule is CCCc1cc(C(C)(C)C)c[cH-]1.Cc1[c-]c2c(cc1C(C)(C)C)-c1cc(C(C)(C)C)c(C)cc1C2.FC(F)(F)c1cccc([C](=[Zr+2])c2cccc(C(F)(F)F)c2)c1.[Cl-].[Cl-]. The molecule has 0 aliphatic heterocycles. The van der Waals surface area contributed by atoms with E-state index in [1.54, 1.807) is 0 Å². The Kier molecular flexibility index (Phi) is 17.6. The van der Waals surface area contributed by atoms with E-state index in [1.165, 1.54) is 92.7 Å². The molecule has 0 nitrogen and oxygen atoms in total. The smallest absolute Gasteiger partial charge is 1.00 e. The van der Waals surface area contributed by atoms with Gasteiger partial charge in [-0.05, 0) is 35.4 Å². The second-order valence-corrected chi connectivity index (χ2v) is 19.5. The summed E-state index contributed by atoms with van der Waals surface area (Å²) in [6.45, 7) is 27.3. The van der Waals surface area contributed by atoms with E-state index >= 15 is 0 Å². The molecule has 0 radical (unpaired) electrons. The van der Waals surface area contributed by atoms with Gasteiger partial charge in [-0.15, -0.1) is 16.7 Å². The van der Waals surface area contributed by atoms with Crippen molar-refractivity contribution in [1.82, 2.24) is 0 Å². The zero-order valence-corrected chi connectivity index (χ0v) is 40.2. The molecule has 0 aromatic heterocycles. The first-order chi connectivity index (χ1) is 26.1. The molecule has 5 aromatic carbocycles. The fourth-order valence-corrected chi connectivity index (χ4v) is 8.06. The van der Waals surface area contributed by atoms with Crippen LogP contribution in [0.3, 0.4) is 0 Å². The molecule has 6 rings (SSSR count). The van der Waals surface area contributed by atoms with Crippen molar-refractivity contribution in [3.05, 3.63) is 158 Å². The van der Waals surface area contributed by atoms with Crippen molar-refractivity contribution in [2.45, 2.75) is 131 Å². The van der Waals surface area contributed by atoms with Crippen molar-refractivity contribution >= 4 is 3.21 Å². The molecule has 59 heavy (non-hydrogen) atoms. The Morgan fingerprint density at radius 2 is 1.14 bits per heavy atom. The van der Waals surface area contributed by atoms with Crippen LogP contribution >= 0.6 is 0 Å². The summed E-state index contributed by atoms with van der Waals surface area (Å²) in [6, 6.07) is 27.0. The van der Waals surface area contributed by atoms with Crippen LogP contribution in [0, 0.1) is 19.9 Å². The summed E-state index contributed by atoms with van der Waals surface area (Å²) in [5.74, 6) is 0. The maximum Gasteiger partial charge on any atom is -1.00 e. The van der Waals surface area contributed by atoms with E-state index in [4.69, 9.17) is 0 Å². The van der Waals surface area contributed by atoms with Crippen LogP contribution in [0.5, 0.6) is 0 Å². The van der Waals surface area contributed by atoms with Crippen LogP contribution in [-0.2, 0) is 65.7 Å². The maximum atomic E-state index is 12.7. The molecule has 5 aromatic rings. The first-order valence-electron chi connectivity index (χ1n) is 19.5. The van der Waals surface area contributed by atoms with Crippen LogP contribution in [0.1, 0.15) is 142 Å². The van der Waals surface area contributed by atoms with E-state index < -0.39 is 23.5 Å². The molecule has 0 fully saturated rings. The Labute approximate surface area is 376 Å². The zero-order valence-electron chi connectivity index (χ0n) is 36.2. The predicted octanol–water partition coefficient (Wildman–Crippen LogP) is 8.77. The van der Waals surface area contributed by atoms with Crippen LogP contribution in [0.2, 0.25) is 0 Å². The molecule has 0 saturated carbocycles. The van der Waals surface area contributed by atoms with Gasteiger partial charge >= 0.3 is 137 Å². The largest absolute Gasteiger partial charge is 1.00 e. The van der Waals surface area contributed by atoms with Crippen molar-refractivity contribution in [2.75, 3.05) is 0 Å². The quantitative estimate of drug-likeness (QED) is 0.123. The van der Waals surface area contributed by atoms with Crippen LogP contribution < -0.4 is 24.8 Å². The second kappa shape index (κ2) is 19.9. The number of benzene rings is 4. The Morgan fingerprint density at radius 3 is 1.56 bits per heavy atom. The minimum absolute atomic E-state index is 0. The Bertz CT molecular complexity index is 2080. The van der Waals surface area contributed by atoms with Crippen LogP contribution in [0.25, 0.3) is 11.1 Å². The van der Waals surface area contributed by atoms with E-state index in [1.807, 2.05) is 0 Å². The summed E-state index contributed by atoms with van der Waals surface area (Å²) in [7, 11) is 0. The average molecular weight is 933 g/mol. The third-order valence-corrected chi connectivity index (χ3v) is 11.7. The van der Waals surface area contributed by atoms with E-state index in [-0.39, 0.29) is 46.8 Å². The summed E-state index contributed by atoms with van der Waals surface area (Å²) >= 11 is 0.729. The number of fused-ring (bicyclic) bond motifs is 3. The van der Waals surface area contributed by atoms with Gasteiger partial charge in [0.05, 0.1) is 0 Å². The van der Waals surface area contributed by atoms with Crippen molar-refractivity contribution in [2.24, 2.45) is 0 Å². The molecule has 0 saturated heterocycles. The molecule has 0 heterocycles. The summed E-state index contributed by atoms with van der Waals surface area (Å²) in [4.78, 5) is 0. The van der Waals surface area contributed by atoms with Crippen molar-refractivity contribution in [3.8, 4) is 11.1 Å². The molecule has 0 spiro atoms. The van der Waals surface area contributed by atoms with E-state index in [2.05, 4.69) is 126 Å². The number of aryl methyl sites for hydroxylation is 3.